The van der Waals surface area contributed by atoms with Crippen LogP contribution in [0.4, 0.5) is 11.4 Å². The maximum atomic E-state index is 5.73. The lowest BCUT2D eigenvalue weighted by Crippen LogP contribution is -1.99. The Kier molecular flexibility index (Phi) is 4.28. The summed E-state index contributed by atoms with van der Waals surface area (Å²) in [6.45, 7) is 3.07. The topological polar surface area (TPSA) is 38.0 Å². The van der Waals surface area contributed by atoms with E-state index >= 15 is 0 Å². The minimum Gasteiger partial charge on any atom is -0.399 e. The highest BCUT2D eigenvalue weighted by Crippen LogP contribution is 2.23. The Balaban J connectivity index is 2.02. The molecule has 0 spiro atoms. The number of nitrogens with one attached hydrogen (secondary N) is 1. The van der Waals surface area contributed by atoms with Gasteiger partial charge in [0, 0.05) is 31.2 Å². The lowest BCUT2D eigenvalue weighted by atomic mass is 10.3. The van der Waals surface area contributed by atoms with Gasteiger partial charge in [-0.15, -0.1) is 11.3 Å². The third kappa shape index (κ3) is 3.35. The second kappa shape index (κ2) is 5.73. The average Bonchev–Trinajstić information content (AvgIpc) is 2.76. The molecule has 3 N–H and O–H groups in total. The van der Waals surface area contributed by atoms with Crippen molar-refractivity contribution in [3.05, 3.63) is 43.7 Å². The van der Waals surface area contributed by atoms with Gasteiger partial charge in [0.1, 0.15) is 0 Å². The van der Waals surface area contributed by atoms with Crippen LogP contribution in [0.5, 0.6) is 0 Å². The van der Waals surface area contributed by atoms with E-state index < -0.39 is 0 Å². The Labute approximate surface area is 119 Å². The highest BCUT2D eigenvalue weighted by molar-refractivity contribution is 14.1. The number of rotatable bonds is 4. The summed E-state index contributed by atoms with van der Waals surface area (Å²) in [5, 5.41) is 3.44. The molecule has 90 valence electrons. The zero-order valence-corrected chi connectivity index (χ0v) is 12.6. The molecular weight excluding hydrogens is 343 g/mol. The molecule has 0 bridgehead atoms. The van der Waals surface area contributed by atoms with Gasteiger partial charge in [0.2, 0.25) is 0 Å². The highest BCUT2D eigenvalue weighted by Gasteiger charge is 2.02. The second-order valence-corrected chi connectivity index (χ2v) is 6.23. The SMILES string of the molecule is CCc1ccc(CNc2ccc(N)cc2I)s1. The number of hydrogen-bond acceptors (Lipinski definition) is 3. The van der Waals surface area contributed by atoms with Crippen LogP contribution in [-0.4, -0.2) is 0 Å². The molecule has 0 fully saturated rings. The molecular formula is C13H15IN2S. The molecule has 0 saturated heterocycles. The normalized spacial score (nSPS) is 10.5. The van der Waals surface area contributed by atoms with Crippen molar-refractivity contribution in [2.24, 2.45) is 0 Å². The van der Waals surface area contributed by atoms with Gasteiger partial charge in [0.15, 0.2) is 0 Å². The summed E-state index contributed by atoms with van der Waals surface area (Å²) in [4.78, 5) is 2.81. The standard InChI is InChI=1S/C13H15IN2S/c1-2-10-4-5-11(17-10)8-16-13-6-3-9(15)7-12(13)14/h3-7,16H,2,8,15H2,1H3. The summed E-state index contributed by atoms with van der Waals surface area (Å²) in [6, 6.07) is 10.3. The van der Waals surface area contributed by atoms with Crippen molar-refractivity contribution in [3.8, 4) is 0 Å². The number of aryl methyl sites for hydroxylation is 1. The molecule has 2 nitrogen and oxygen atoms in total. The largest absolute Gasteiger partial charge is 0.399 e. The van der Waals surface area contributed by atoms with Crippen LogP contribution in [-0.2, 0) is 13.0 Å². The first-order chi connectivity index (χ1) is 8.19. The van der Waals surface area contributed by atoms with Crippen LogP contribution < -0.4 is 11.1 Å². The molecule has 0 atom stereocenters. The van der Waals surface area contributed by atoms with E-state index in [1.54, 1.807) is 0 Å². The van der Waals surface area contributed by atoms with Crippen molar-refractivity contribution >= 4 is 45.3 Å². The molecule has 0 unspecified atom stereocenters. The van der Waals surface area contributed by atoms with Gasteiger partial charge >= 0.3 is 0 Å². The highest BCUT2D eigenvalue weighted by atomic mass is 127. The molecule has 0 radical (unpaired) electrons. The monoisotopic (exact) mass is 358 g/mol. The lowest BCUT2D eigenvalue weighted by Gasteiger charge is -2.07. The van der Waals surface area contributed by atoms with E-state index in [1.165, 1.54) is 9.75 Å². The molecule has 0 aliphatic rings. The molecule has 4 heteroatoms. The lowest BCUT2D eigenvalue weighted by molar-refractivity contribution is 1.19. The Morgan fingerprint density at radius 1 is 1.24 bits per heavy atom. The first-order valence-electron chi connectivity index (χ1n) is 5.55. The number of benzene rings is 1. The van der Waals surface area contributed by atoms with Crippen LogP contribution in [0.1, 0.15) is 16.7 Å². The molecule has 0 amide bonds. The minimum atomic E-state index is 0.810. The molecule has 1 heterocycles. The van der Waals surface area contributed by atoms with E-state index in [-0.39, 0.29) is 0 Å². The van der Waals surface area contributed by atoms with E-state index in [0.29, 0.717) is 0 Å². The molecule has 1 aromatic heterocycles. The Morgan fingerprint density at radius 3 is 2.65 bits per heavy atom. The number of nitrogens with two attached hydrogens (primary N) is 1. The second-order valence-electron chi connectivity index (χ2n) is 3.81. The number of nitrogen functional groups attached to an aromatic ring is 1. The van der Waals surface area contributed by atoms with Gasteiger partial charge in [0.25, 0.3) is 0 Å². The van der Waals surface area contributed by atoms with E-state index in [9.17, 15) is 0 Å². The Morgan fingerprint density at radius 2 is 2.00 bits per heavy atom. The molecule has 2 rings (SSSR count). The maximum absolute atomic E-state index is 5.73. The third-order valence-corrected chi connectivity index (χ3v) is 4.63. The summed E-state index contributed by atoms with van der Waals surface area (Å²) < 4.78 is 1.16. The fourth-order valence-electron chi connectivity index (χ4n) is 1.56. The van der Waals surface area contributed by atoms with Gasteiger partial charge in [-0.1, -0.05) is 6.92 Å². The Hall–Kier alpha value is -0.750. The zero-order valence-electron chi connectivity index (χ0n) is 9.66. The number of hydrogen-bond donors (Lipinski definition) is 2. The maximum Gasteiger partial charge on any atom is 0.0494 e. The van der Waals surface area contributed by atoms with Crippen LogP contribution in [0.2, 0.25) is 0 Å². The van der Waals surface area contributed by atoms with Crippen molar-refractivity contribution in [1.82, 2.24) is 0 Å². The van der Waals surface area contributed by atoms with Crippen molar-refractivity contribution in [2.75, 3.05) is 11.1 Å². The molecule has 1 aromatic carbocycles. The predicted octanol–water partition coefficient (Wildman–Crippen LogP) is 4.11. The van der Waals surface area contributed by atoms with Gasteiger partial charge < -0.3 is 11.1 Å². The van der Waals surface area contributed by atoms with Gasteiger partial charge in [-0.25, -0.2) is 0 Å². The van der Waals surface area contributed by atoms with E-state index in [2.05, 4.69) is 47.0 Å². The number of halogens is 1. The summed E-state index contributed by atoms with van der Waals surface area (Å²) in [5.74, 6) is 0. The average molecular weight is 358 g/mol. The van der Waals surface area contributed by atoms with Crippen LogP contribution >= 0.6 is 33.9 Å². The van der Waals surface area contributed by atoms with Crippen molar-refractivity contribution in [2.45, 2.75) is 19.9 Å². The fraction of sp³-hybridized carbons (Fsp3) is 0.231. The van der Waals surface area contributed by atoms with Crippen LogP contribution in [0.3, 0.4) is 0 Å². The summed E-state index contributed by atoms with van der Waals surface area (Å²) in [7, 11) is 0. The summed E-state index contributed by atoms with van der Waals surface area (Å²) in [6.07, 6.45) is 1.12. The Bertz CT molecular complexity index is 508. The number of thiophene rings is 1. The van der Waals surface area contributed by atoms with E-state index in [4.69, 9.17) is 5.73 Å². The first kappa shape index (κ1) is 12.7. The molecule has 0 saturated carbocycles. The van der Waals surface area contributed by atoms with Gasteiger partial charge in [-0.2, -0.15) is 0 Å². The smallest absolute Gasteiger partial charge is 0.0494 e. The van der Waals surface area contributed by atoms with E-state index in [1.807, 2.05) is 29.5 Å². The van der Waals surface area contributed by atoms with Gasteiger partial charge in [0.05, 0.1) is 0 Å². The molecule has 0 aliphatic heterocycles. The quantitative estimate of drug-likeness (QED) is 0.638. The predicted molar refractivity (Wildman–Crippen MR) is 84.6 cm³/mol. The van der Waals surface area contributed by atoms with Crippen LogP contribution in [0.15, 0.2) is 30.3 Å². The van der Waals surface area contributed by atoms with Gasteiger partial charge in [-0.05, 0) is 59.3 Å². The van der Waals surface area contributed by atoms with E-state index in [0.717, 1.165) is 27.9 Å². The van der Waals surface area contributed by atoms with Crippen molar-refractivity contribution in [3.63, 3.8) is 0 Å². The minimum absolute atomic E-state index is 0.810. The van der Waals surface area contributed by atoms with Crippen LogP contribution in [0, 0.1) is 3.57 Å². The summed E-state index contributed by atoms with van der Waals surface area (Å²) in [5.41, 5.74) is 7.68. The molecule has 2 aromatic rings. The van der Waals surface area contributed by atoms with Gasteiger partial charge in [-0.3, -0.25) is 0 Å². The first-order valence-corrected chi connectivity index (χ1v) is 7.45. The fourth-order valence-corrected chi connectivity index (χ4v) is 3.19. The molecule has 0 aliphatic carbocycles. The molecule has 17 heavy (non-hydrogen) atoms. The van der Waals surface area contributed by atoms with Crippen LogP contribution in [0.25, 0.3) is 0 Å². The van der Waals surface area contributed by atoms with Crippen molar-refractivity contribution in [1.29, 1.82) is 0 Å². The zero-order chi connectivity index (χ0) is 12.3. The summed E-state index contributed by atoms with van der Waals surface area (Å²) >= 11 is 4.17. The number of anilines is 2. The third-order valence-electron chi connectivity index (χ3n) is 2.51. The van der Waals surface area contributed by atoms with Crippen molar-refractivity contribution < 1.29 is 0 Å².